The summed E-state index contributed by atoms with van der Waals surface area (Å²) in [6.07, 6.45) is -0.000231. The van der Waals surface area contributed by atoms with Crippen molar-refractivity contribution >= 4 is 5.91 Å². The van der Waals surface area contributed by atoms with Crippen LogP contribution in [0.1, 0.15) is 51.9 Å². The zero-order valence-electron chi connectivity index (χ0n) is 13.9. The number of carbonyl (C=O) groups is 1. The van der Waals surface area contributed by atoms with Crippen molar-refractivity contribution in [2.75, 3.05) is 0 Å². The lowest BCUT2D eigenvalue weighted by Gasteiger charge is -2.28. The Hall–Kier alpha value is -1.35. The molecule has 114 valence electrons. The van der Waals surface area contributed by atoms with Gasteiger partial charge in [-0.2, -0.15) is 0 Å². The first-order valence-electron chi connectivity index (χ1n) is 7.83. The van der Waals surface area contributed by atoms with Crippen molar-refractivity contribution in [2.45, 2.75) is 59.8 Å². The second-order valence-corrected chi connectivity index (χ2v) is 7.74. The Morgan fingerprint density at radius 2 is 1.67 bits per heavy atom. The van der Waals surface area contributed by atoms with Crippen LogP contribution in [0.4, 0.5) is 0 Å². The van der Waals surface area contributed by atoms with Gasteiger partial charge in [0.25, 0.3) is 0 Å². The smallest absolute Gasteiger partial charge is 0.241 e. The molecule has 2 aliphatic rings. The number of benzene rings is 1. The van der Waals surface area contributed by atoms with Crippen LogP contribution in [0.2, 0.25) is 0 Å². The van der Waals surface area contributed by atoms with Crippen molar-refractivity contribution in [3.63, 3.8) is 0 Å². The highest BCUT2D eigenvalue weighted by molar-refractivity contribution is 5.85. The molecular formula is C18H26N2O. The maximum Gasteiger partial charge on any atom is 0.241 e. The average molecular weight is 286 g/mol. The molecule has 1 amide bonds. The van der Waals surface area contributed by atoms with E-state index in [1.54, 1.807) is 0 Å². The number of carbonyl (C=O) groups excluding carboxylic acids is 1. The fourth-order valence-corrected chi connectivity index (χ4v) is 4.01. The summed E-state index contributed by atoms with van der Waals surface area (Å²) < 4.78 is 0. The lowest BCUT2D eigenvalue weighted by Crippen LogP contribution is -2.36. The molecule has 1 aliphatic heterocycles. The van der Waals surface area contributed by atoms with Crippen molar-refractivity contribution in [1.29, 1.82) is 0 Å². The van der Waals surface area contributed by atoms with E-state index in [1.165, 1.54) is 11.1 Å². The number of amides is 1. The molecule has 1 heterocycles. The first kappa shape index (κ1) is 14.6. The van der Waals surface area contributed by atoms with Gasteiger partial charge in [0.2, 0.25) is 5.91 Å². The van der Waals surface area contributed by atoms with Gasteiger partial charge in [0.05, 0.1) is 6.04 Å². The van der Waals surface area contributed by atoms with Crippen molar-refractivity contribution in [2.24, 2.45) is 10.8 Å². The summed E-state index contributed by atoms with van der Waals surface area (Å²) in [5, 5.41) is 3.48. The van der Waals surface area contributed by atoms with Crippen LogP contribution in [0.3, 0.4) is 0 Å². The normalized spacial score (nSPS) is 30.8. The van der Waals surface area contributed by atoms with Crippen LogP contribution in [-0.2, 0) is 4.79 Å². The van der Waals surface area contributed by atoms with Gasteiger partial charge in [-0.1, -0.05) is 52.0 Å². The Balaban J connectivity index is 2.01. The molecule has 1 aromatic rings. The summed E-state index contributed by atoms with van der Waals surface area (Å²) in [7, 11) is 0. The minimum absolute atomic E-state index is 0.000231. The van der Waals surface area contributed by atoms with Gasteiger partial charge in [0.1, 0.15) is 6.17 Å². The molecular weight excluding hydrogens is 260 g/mol. The van der Waals surface area contributed by atoms with E-state index in [4.69, 9.17) is 0 Å². The summed E-state index contributed by atoms with van der Waals surface area (Å²) in [6.45, 7) is 13.2. The molecule has 3 nitrogen and oxygen atoms in total. The first-order valence-corrected chi connectivity index (χ1v) is 7.83. The third kappa shape index (κ3) is 1.87. The van der Waals surface area contributed by atoms with E-state index < -0.39 is 0 Å². The van der Waals surface area contributed by atoms with E-state index in [2.05, 4.69) is 63.0 Å². The molecule has 0 spiro atoms. The van der Waals surface area contributed by atoms with E-state index in [-0.39, 0.29) is 28.9 Å². The van der Waals surface area contributed by atoms with Crippen LogP contribution in [0.5, 0.6) is 0 Å². The van der Waals surface area contributed by atoms with Gasteiger partial charge in [0.15, 0.2) is 0 Å². The van der Waals surface area contributed by atoms with Crippen molar-refractivity contribution in [1.82, 2.24) is 10.2 Å². The number of nitrogens with one attached hydrogen (secondary N) is 1. The Bertz CT molecular complexity index is 577. The Labute approximate surface area is 127 Å². The third-order valence-electron chi connectivity index (χ3n) is 6.02. The highest BCUT2D eigenvalue weighted by Crippen LogP contribution is 2.66. The molecule has 21 heavy (non-hydrogen) atoms. The maximum atomic E-state index is 12.7. The highest BCUT2D eigenvalue weighted by atomic mass is 16.2. The van der Waals surface area contributed by atoms with E-state index >= 15 is 0 Å². The molecule has 2 unspecified atom stereocenters. The maximum absolute atomic E-state index is 12.7. The fourth-order valence-electron chi connectivity index (χ4n) is 4.01. The lowest BCUT2D eigenvalue weighted by molar-refractivity contribution is -0.131. The molecule has 1 saturated carbocycles. The summed E-state index contributed by atoms with van der Waals surface area (Å²) in [5.41, 5.74) is 2.77. The fraction of sp³-hybridized carbons (Fsp3) is 0.611. The SMILES string of the molecule is Cc1ccccc1C1NC(C)C(=O)N1C1C(C)(C)C1(C)C. The van der Waals surface area contributed by atoms with Crippen LogP contribution >= 0.6 is 0 Å². The van der Waals surface area contributed by atoms with Gasteiger partial charge in [-0.3, -0.25) is 10.1 Å². The van der Waals surface area contributed by atoms with Crippen LogP contribution in [0.25, 0.3) is 0 Å². The number of hydrogen-bond acceptors (Lipinski definition) is 2. The van der Waals surface area contributed by atoms with Gasteiger partial charge >= 0.3 is 0 Å². The largest absolute Gasteiger partial charge is 0.317 e. The number of rotatable bonds is 2. The molecule has 0 bridgehead atoms. The molecule has 1 aromatic carbocycles. The summed E-state index contributed by atoms with van der Waals surface area (Å²) in [4.78, 5) is 14.8. The zero-order valence-corrected chi connectivity index (χ0v) is 13.9. The lowest BCUT2D eigenvalue weighted by atomic mass is 10.0. The monoisotopic (exact) mass is 286 g/mol. The molecule has 1 N–H and O–H groups in total. The Morgan fingerprint density at radius 1 is 1.10 bits per heavy atom. The van der Waals surface area contributed by atoms with Gasteiger partial charge in [-0.25, -0.2) is 0 Å². The predicted octanol–water partition coefficient (Wildman–Crippen LogP) is 3.25. The Kier molecular flexibility index (Phi) is 3.00. The number of aryl methyl sites for hydroxylation is 1. The average Bonchev–Trinajstić information content (AvgIpc) is 2.64. The molecule has 2 atom stereocenters. The minimum Gasteiger partial charge on any atom is -0.317 e. The first-order chi connectivity index (χ1) is 9.69. The van der Waals surface area contributed by atoms with Gasteiger partial charge in [0, 0.05) is 6.04 Å². The van der Waals surface area contributed by atoms with E-state index in [1.807, 2.05) is 13.0 Å². The second kappa shape index (κ2) is 4.33. The topological polar surface area (TPSA) is 32.3 Å². The van der Waals surface area contributed by atoms with Crippen LogP contribution in [0, 0.1) is 17.8 Å². The molecule has 2 fully saturated rings. The highest BCUT2D eigenvalue weighted by Gasteiger charge is 2.70. The van der Waals surface area contributed by atoms with Crippen molar-refractivity contribution < 1.29 is 4.79 Å². The Morgan fingerprint density at radius 3 is 2.19 bits per heavy atom. The number of nitrogens with zero attached hydrogens (tertiary/aromatic N) is 1. The summed E-state index contributed by atoms with van der Waals surface area (Å²) in [6, 6.07) is 8.54. The van der Waals surface area contributed by atoms with Gasteiger partial charge in [-0.15, -0.1) is 0 Å². The minimum atomic E-state index is -0.109. The van der Waals surface area contributed by atoms with Gasteiger partial charge < -0.3 is 4.90 Å². The van der Waals surface area contributed by atoms with E-state index in [0.717, 1.165) is 0 Å². The van der Waals surface area contributed by atoms with Gasteiger partial charge in [-0.05, 0) is 35.8 Å². The molecule has 1 saturated heterocycles. The molecule has 1 aliphatic carbocycles. The van der Waals surface area contributed by atoms with Crippen LogP contribution in [0.15, 0.2) is 24.3 Å². The zero-order chi connectivity index (χ0) is 15.6. The summed E-state index contributed by atoms with van der Waals surface area (Å²) in [5.74, 6) is 0.229. The molecule has 3 heteroatoms. The molecule has 0 radical (unpaired) electrons. The second-order valence-electron chi connectivity index (χ2n) is 7.74. The van der Waals surface area contributed by atoms with Crippen LogP contribution in [-0.4, -0.2) is 22.9 Å². The standard InChI is InChI=1S/C18H26N2O/c1-11-9-7-8-10-13(11)14-19-12(2)15(21)20(14)16-17(3,4)18(16,5)6/h7-10,12,14,16,19H,1-6H3. The number of hydrogen-bond donors (Lipinski definition) is 1. The molecule has 3 rings (SSSR count). The third-order valence-corrected chi connectivity index (χ3v) is 6.02. The van der Waals surface area contributed by atoms with E-state index in [0.29, 0.717) is 6.04 Å². The summed E-state index contributed by atoms with van der Waals surface area (Å²) >= 11 is 0. The van der Waals surface area contributed by atoms with Crippen LogP contribution < -0.4 is 5.32 Å². The quantitative estimate of drug-likeness (QED) is 0.905. The van der Waals surface area contributed by atoms with Crippen molar-refractivity contribution in [3.8, 4) is 0 Å². The van der Waals surface area contributed by atoms with E-state index in [9.17, 15) is 4.79 Å². The van der Waals surface area contributed by atoms with Crippen molar-refractivity contribution in [3.05, 3.63) is 35.4 Å². The predicted molar refractivity (Wildman–Crippen MR) is 84.7 cm³/mol. The molecule has 0 aromatic heterocycles.